The molecule has 39 heavy (non-hydrogen) atoms. The number of esters is 1. The van der Waals surface area contributed by atoms with Crippen LogP contribution in [0.15, 0.2) is 36.4 Å². The first kappa shape index (κ1) is 28.9. The van der Waals surface area contributed by atoms with Crippen LogP contribution in [0.4, 0.5) is 0 Å². The first-order valence-electron chi connectivity index (χ1n) is 12.4. The third-order valence-electron chi connectivity index (χ3n) is 7.17. The number of rotatable bonds is 10. The highest BCUT2D eigenvalue weighted by Crippen LogP contribution is 2.38. The number of benzene rings is 2. The predicted molar refractivity (Wildman–Crippen MR) is 134 cm³/mol. The smallest absolute Gasteiger partial charge is 0.338 e. The van der Waals surface area contributed by atoms with E-state index in [0.29, 0.717) is 22.6 Å². The van der Waals surface area contributed by atoms with Gasteiger partial charge in [-0.2, -0.15) is 0 Å². The van der Waals surface area contributed by atoms with Gasteiger partial charge < -0.3 is 54.0 Å². The van der Waals surface area contributed by atoms with E-state index in [4.69, 9.17) is 28.4 Å². The summed E-state index contributed by atoms with van der Waals surface area (Å²) in [6, 6.07) is 10.1. The molecule has 12 nitrogen and oxygen atoms in total. The van der Waals surface area contributed by atoms with Gasteiger partial charge in [0, 0.05) is 12.3 Å². The Labute approximate surface area is 225 Å². The van der Waals surface area contributed by atoms with Crippen LogP contribution in [0.1, 0.15) is 11.1 Å². The number of hydrogen-bond acceptors (Lipinski definition) is 12. The van der Waals surface area contributed by atoms with Crippen molar-refractivity contribution in [3.8, 4) is 23.0 Å². The highest BCUT2D eigenvalue weighted by atomic mass is 16.7. The van der Waals surface area contributed by atoms with Crippen LogP contribution in [0.2, 0.25) is 0 Å². The van der Waals surface area contributed by atoms with Crippen LogP contribution < -0.4 is 18.9 Å². The zero-order chi connectivity index (χ0) is 28.3. The summed E-state index contributed by atoms with van der Waals surface area (Å²) in [6.07, 6.45) is -7.08. The number of carbonyl (C=O) groups excluding carboxylic acids is 1. The molecule has 2 aliphatic rings. The average molecular weight is 551 g/mol. The molecule has 0 spiro atoms. The number of ether oxygens (including phenoxy) is 6. The van der Waals surface area contributed by atoms with E-state index >= 15 is 0 Å². The van der Waals surface area contributed by atoms with Gasteiger partial charge in [-0.25, -0.2) is 4.79 Å². The second-order valence-corrected chi connectivity index (χ2v) is 9.59. The largest absolute Gasteiger partial charge is 0.493 e. The first-order chi connectivity index (χ1) is 18.6. The first-order valence-corrected chi connectivity index (χ1v) is 12.4. The lowest BCUT2D eigenvalue weighted by atomic mass is 9.81. The van der Waals surface area contributed by atoms with Crippen molar-refractivity contribution in [3.63, 3.8) is 0 Å². The van der Waals surface area contributed by atoms with E-state index in [1.807, 2.05) is 0 Å². The SMILES string of the molecule is COc1ccc(CC2(O)C(=O)OCC2Cc2ccc(OC)c(OC3OC(CO)C(O)C(O)C3O)c2)cc1OC. The summed E-state index contributed by atoms with van der Waals surface area (Å²) in [5.74, 6) is 0.0823. The molecule has 2 heterocycles. The Balaban J connectivity index is 1.55. The zero-order valence-electron chi connectivity index (χ0n) is 21.9. The lowest BCUT2D eigenvalue weighted by Crippen LogP contribution is -2.60. The van der Waals surface area contributed by atoms with Crippen LogP contribution in [0.5, 0.6) is 23.0 Å². The highest BCUT2D eigenvalue weighted by Gasteiger charge is 2.51. The van der Waals surface area contributed by atoms with Gasteiger partial charge in [-0.1, -0.05) is 12.1 Å². The minimum atomic E-state index is -1.81. The van der Waals surface area contributed by atoms with E-state index in [9.17, 15) is 30.3 Å². The lowest BCUT2D eigenvalue weighted by molar-refractivity contribution is -0.277. The van der Waals surface area contributed by atoms with E-state index in [2.05, 4.69) is 0 Å². The number of carbonyl (C=O) groups is 1. The fourth-order valence-electron chi connectivity index (χ4n) is 4.87. The van der Waals surface area contributed by atoms with Crippen LogP contribution in [0, 0.1) is 5.92 Å². The Bertz CT molecular complexity index is 1150. The number of methoxy groups -OCH3 is 3. The lowest BCUT2D eigenvalue weighted by Gasteiger charge is -2.39. The summed E-state index contributed by atoms with van der Waals surface area (Å²) in [5, 5.41) is 51.4. The van der Waals surface area contributed by atoms with Gasteiger partial charge in [0.05, 0.1) is 34.5 Å². The topological polar surface area (TPSA) is 174 Å². The molecule has 2 aliphatic heterocycles. The molecule has 2 fully saturated rings. The molecular weight excluding hydrogens is 516 g/mol. The second-order valence-electron chi connectivity index (χ2n) is 9.59. The van der Waals surface area contributed by atoms with Gasteiger partial charge in [0.25, 0.3) is 0 Å². The monoisotopic (exact) mass is 550 g/mol. The Morgan fingerprint density at radius 3 is 2.13 bits per heavy atom. The van der Waals surface area contributed by atoms with Crippen molar-refractivity contribution in [1.29, 1.82) is 0 Å². The maximum Gasteiger partial charge on any atom is 0.338 e. The maximum atomic E-state index is 12.7. The molecule has 5 N–H and O–H groups in total. The Kier molecular flexibility index (Phi) is 8.84. The molecule has 214 valence electrons. The number of aliphatic hydroxyl groups excluding tert-OH is 4. The zero-order valence-corrected chi connectivity index (χ0v) is 21.9. The van der Waals surface area contributed by atoms with Crippen molar-refractivity contribution >= 4 is 5.97 Å². The van der Waals surface area contributed by atoms with Crippen molar-refractivity contribution in [2.24, 2.45) is 5.92 Å². The van der Waals surface area contributed by atoms with Gasteiger partial charge in [0.15, 0.2) is 28.6 Å². The van der Waals surface area contributed by atoms with Gasteiger partial charge >= 0.3 is 5.97 Å². The van der Waals surface area contributed by atoms with Crippen LogP contribution in [0.25, 0.3) is 0 Å². The fourth-order valence-corrected chi connectivity index (χ4v) is 4.87. The van der Waals surface area contributed by atoms with Crippen molar-refractivity contribution in [3.05, 3.63) is 47.5 Å². The van der Waals surface area contributed by atoms with Gasteiger partial charge in [0.2, 0.25) is 6.29 Å². The minimum Gasteiger partial charge on any atom is -0.493 e. The van der Waals surface area contributed by atoms with Gasteiger partial charge in [-0.05, 0) is 41.8 Å². The van der Waals surface area contributed by atoms with Crippen LogP contribution in [0.3, 0.4) is 0 Å². The summed E-state index contributed by atoms with van der Waals surface area (Å²) in [7, 11) is 4.43. The molecule has 0 radical (unpaired) electrons. The Morgan fingerprint density at radius 1 is 0.872 bits per heavy atom. The maximum absolute atomic E-state index is 12.7. The van der Waals surface area contributed by atoms with Crippen molar-refractivity contribution in [2.45, 2.75) is 49.1 Å². The molecule has 2 saturated heterocycles. The second kappa shape index (κ2) is 11.9. The van der Waals surface area contributed by atoms with E-state index in [1.165, 1.54) is 21.3 Å². The molecular formula is C27H34O12. The number of hydrogen-bond donors (Lipinski definition) is 5. The quantitative estimate of drug-likeness (QED) is 0.242. The van der Waals surface area contributed by atoms with Gasteiger partial charge in [-0.3, -0.25) is 0 Å². The summed E-state index contributed by atoms with van der Waals surface area (Å²) in [4.78, 5) is 12.7. The van der Waals surface area contributed by atoms with Crippen LogP contribution in [-0.2, 0) is 27.1 Å². The van der Waals surface area contributed by atoms with Crippen LogP contribution >= 0.6 is 0 Å². The third-order valence-corrected chi connectivity index (χ3v) is 7.17. The van der Waals surface area contributed by atoms with E-state index in [-0.39, 0.29) is 30.9 Å². The molecule has 0 aliphatic carbocycles. The standard InChI is InChI=1S/C27H34O12/c1-34-17-7-5-15(10-19(17)36-3)11-27(33)16(13-37-26(27)32)8-14-4-6-18(35-2)20(9-14)38-25-24(31)23(30)22(29)21(12-28)39-25/h4-7,9-10,16,21-25,28-31,33H,8,11-13H2,1-3H3. The summed E-state index contributed by atoms with van der Waals surface area (Å²) in [6.45, 7) is -0.603. The van der Waals surface area contributed by atoms with Gasteiger partial charge in [-0.15, -0.1) is 0 Å². The van der Waals surface area contributed by atoms with E-state index < -0.39 is 54.8 Å². The molecule has 0 bridgehead atoms. The molecule has 2 aromatic rings. The Hall–Kier alpha value is -3.13. The highest BCUT2D eigenvalue weighted by molar-refractivity contribution is 5.82. The van der Waals surface area contributed by atoms with E-state index in [1.54, 1.807) is 36.4 Å². The molecule has 0 aromatic heterocycles. The molecule has 0 saturated carbocycles. The molecule has 2 aromatic carbocycles. The molecule has 7 unspecified atom stereocenters. The predicted octanol–water partition coefficient (Wildman–Crippen LogP) is -0.420. The van der Waals surface area contributed by atoms with Crippen LogP contribution in [-0.4, -0.2) is 102 Å². The van der Waals surface area contributed by atoms with Gasteiger partial charge in [0.1, 0.15) is 24.4 Å². The van der Waals surface area contributed by atoms with Crippen molar-refractivity contribution in [1.82, 2.24) is 0 Å². The van der Waals surface area contributed by atoms with Crippen molar-refractivity contribution in [2.75, 3.05) is 34.5 Å². The molecule has 12 heteroatoms. The average Bonchev–Trinajstić information content (AvgIpc) is 3.21. The fraction of sp³-hybridized carbons (Fsp3) is 0.519. The summed E-state index contributed by atoms with van der Waals surface area (Å²) >= 11 is 0. The normalized spacial score (nSPS) is 30.5. The van der Waals surface area contributed by atoms with E-state index in [0.717, 1.165) is 0 Å². The molecule has 4 rings (SSSR count). The molecule has 7 atom stereocenters. The third kappa shape index (κ3) is 5.76. The Morgan fingerprint density at radius 2 is 1.49 bits per heavy atom. The number of cyclic esters (lactones) is 1. The summed E-state index contributed by atoms with van der Waals surface area (Å²) < 4.78 is 32.4. The minimum absolute atomic E-state index is 0.00243. The van der Waals surface area contributed by atoms with Crippen molar-refractivity contribution < 1.29 is 58.7 Å². The summed E-state index contributed by atoms with van der Waals surface area (Å²) in [5.41, 5.74) is -0.498. The number of aliphatic hydroxyl groups is 5. The molecule has 0 amide bonds.